The van der Waals surface area contributed by atoms with Crippen molar-refractivity contribution in [3.8, 4) is 80.0 Å². The number of aromatic nitrogens is 5. The van der Waals surface area contributed by atoms with Crippen LogP contribution in [0.1, 0.15) is 57.8 Å². The number of methoxy groups -OCH3 is 2. The average Bonchev–Trinajstić information content (AvgIpc) is 0.924. The van der Waals surface area contributed by atoms with E-state index in [1.54, 1.807) is 103 Å². The summed E-state index contributed by atoms with van der Waals surface area (Å²) in [5, 5.41) is 108. The van der Waals surface area contributed by atoms with Crippen molar-refractivity contribution < 1.29 is 224 Å². The molecule has 0 unspecified atom stereocenters. The van der Waals surface area contributed by atoms with Crippen LogP contribution in [0.2, 0.25) is 40.2 Å². The molecule has 0 radical (unpaired) electrons. The minimum absolute atomic E-state index is 0. The Bertz CT molecular complexity index is 4850. The van der Waals surface area contributed by atoms with Gasteiger partial charge in [0, 0.05) is 94.6 Å². The van der Waals surface area contributed by atoms with E-state index in [1.165, 1.54) is 50.0 Å². The van der Waals surface area contributed by atoms with E-state index in [-0.39, 0.29) is 196 Å². The third-order valence-electron chi connectivity index (χ3n) is 11.8. The maximum absolute atomic E-state index is 11.9. The molecule has 26 nitrogen and oxygen atoms in total. The van der Waals surface area contributed by atoms with Crippen LogP contribution in [-0.2, 0) is 24.0 Å². The van der Waals surface area contributed by atoms with Crippen LogP contribution in [0.4, 0.5) is 0 Å². The van der Waals surface area contributed by atoms with E-state index in [1.807, 2.05) is 54.6 Å². The van der Waals surface area contributed by atoms with Crippen molar-refractivity contribution >= 4 is 153 Å². The summed E-state index contributed by atoms with van der Waals surface area (Å²) in [5.74, 6) is -5.32. The van der Waals surface area contributed by atoms with E-state index < -0.39 is 55.8 Å². The topological polar surface area (TPSA) is 463 Å². The molecule has 0 amide bonds. The van der Waals surface area contributed by atoms with E-state index in [4.69, 9.17) is 159 Å². The van der Waals surface area contributed by atoms with Gasteiger partial charge < -0.3 is 67.5 Å². The number of halogens is 9. The molecule has 10 rings (SSSR count). The normalized spacial score (nSPS) is 9.75. The summed E-state index contributed by atoms with van der Waals surface area (Å²) in [4.78, 5) is 73.9. The second kappa shape index (κ2) is 62.7. The van der Waals surface area contributed by atoms with Crippen molar-refractivity contribution in [2.75, 3.05) is 34.9 Å². The number of esters is 1. The maximum Gasteiger partial charge on any atom is 1.00 e. The number of carbonyl (C=O) groups is 5. The molecule has 109 heavy (non-hydrogen) atoms. The number of aliphatic carboxylic acids is 1. The Morgan fingerprint density at radius 3 is 1.19 bits per heavy atom. The van der Waals surface area contributed by atoms with Gasteiger partial charge in [0.2, 0.25) is 0 Å². The number of carboxylic acid groups (broad SMARTS) is 2. The molecule has 10 aromatic rings. The van der Waals surface area contributed by atoms with Gasteiger partial charge in [0.1, 0.15) is 35.4 Å². The third kappa shape index (κ3) is 42.6. The van der Waals surface area contributed by atoms with E-state index in [2.05, 4.69) is 40.3 Å². The fourth-order valence-electron chi connectivity index (χ4n) is 7.26. The van der Waals surface area contributed by atoms with Gasteiger partial charge in [-0.2, -0.15) is 22.9 Å². The molecule has 0 bridgehead atoms. The number of carbonyl (C=O) groups excluding carboxylic acids is 3. The van der Waals surface area contributed by atoms with Crippen LogP contribution in [0.3, 0.4) is 0 Å². The number of benzene rings is 5. The number of ether oxygens (including phenoxy) is 2. The fraction of sp³-hybridized carbons (Fsp3) is 0.100. The maximum atomic E-state index is 11.9. The van der Waals surface area contributed by atoms with E-state index in [0.717, 1.165) is 49.1 Å². The predicted octanol–water partition coefficient (Wildman–Crippen LogP) is 3.29. The molecule has 556 valence electrons. The van der Waals surface area contributed by atoms with Crippen molar-refractivity contribution in [1.82, 2.24) is 24.9 Å². The summed E-state index contributed by atoms with van der Waals surface area (Å²) < 4.78 is 36.6. The number of pyridine rings is 5. The van der Waals surface area contributed by atoms with Crippen LogP contribution in [0.5, 0.6) is 17.2 Å². The monoisotopic (exact) mass is 1770 g/mol. The zero-order valence-electron chi connectivity index (χ0n) is 63.0. The van der Waals surface area contributed by atoms with Crippen LogP contribution in [-0.4, -0.2) is 133 Å². The van der Waals surface area contributed by atoms with Crippen LogP contribution < -0.4 is 159 Å². The Morgan fingerprint density at radius 1 is 0.550 bits per heavy atom. The predicted molar refractivity (Wildman–Crippen MR) is 405 cm³/mol. The van der Waals surface area contributed by atoms with Gasteiger partial charge in [0.25, 0.3) is 6.47 Å². The molecule has 0 saturated heterocycles. The summed E-state index contributed by atoms with van der Waals surface area (Å²) in [5.41, 5.74) is 11.2. The first-order valence-corrected chi connectivity index (χ1v) is 31.3. The second-order valence-corrected chi connectivity index (χ2v) is 22.0. The molecule has 0 aliphatic carbocycles. The van der Waals surface area contributed by atoms with Crippen LogP contribution in [0.15, 0.2) is 183 Å². The number of hydrogen-bond acceptors (Lipinski definition) is 24. The Hall–Kier alpha value is -5.83. The van der Waals surface area contributed by atoms with Crippen molar-refractivity contribution in [2.24, 2.45) is 5.73 Å². The van der Waals surface area contributed by atoms with Crippen molar-refractivity contribution in [3.63, 3.8) is 0 Å². The van der Waals surface area contributed by atoms with Gasteiger partial charge in [-0.3, -0.25) is 19.2 Å². The van der Waals surface area contributed by atoms with Crippen LogP contribution in [0, 0.1) is 34.0 Å². The number of nitriles is 3. The summed E-state index contributed by atoms with van der Waals surface area (Å²) in [6.07, 6.45) is 3.69. The number of rotatable bonds is 13. The molecule has 0 atom stereocenters. The molecule has 0 saturated carbocycles. The van der Waals surface area contributed by atoms with Crippen LogP contribution in [0.25, 0.3) is 44.5 Å². The van der Waals surface area contributed by atoms with Gasteiger partial charge in [0.05, 0.1) is 44.9 Å². The van der Waals surface area contributed by atoms with E-state index >= 15 is 0 Å². The Balaban J connectivity index is -0.000000404. The number of aromatic hydroxyl groups is 2. The SMILES string of the molecule is Br.CO.COc1cc(-c2cccc(Cl)c2)cnc1C#N.C[O-].N#Cc1ncc(-c2cccc(Cl)c2)cc1Cl.N#Cc1ncc(Cl)cc1Cl.O=C(O)c1ncc(-c2cccc(Cl)c2)cc1O.O=CO[O-].OB(O)c1cccc(Cl)c1.[2H]C([2H])(CC(=O)c1ncc(-c2cccc(Cl)c2)cc1O)C(=O)O.[2H]C([2H])(N)C(=O)OC.[H-].[K+].[K+].[Na+]. The number of aliphatic hydroxyl groups excluding tert-OH is 1. The number of nitrogens with zero attached hydrogens (tertiary/aromatic N) is 8. The summed E-state index contributed by atoms with van der Waals surface area (Å²) >= 11 is 46.1. The molecule has 5 heterocycles. The Labute approximate surface area is 791 Å². The van der Waals surface area contributed by atoms with Crippen molar-refractivity contribution in [1.29, 1.82) is 15.8 Å². The number of ketones is 1. The minimum Gasteiger partial charge on any atom is -1.00 e. The van der Waals surface area contributed by atoms with Crippen molar-refractivity contribution in [2.45, 2.75) is 12.8 Å². The van der Waals surface area contributed by atoms with Crippen molar-refractivity contribution in [3.05, 3.63) is 251 Å². The minimum atomic E-state index is -2.73. The number of hydrogen-bond donors (Lipinski definition) is 8. The zero-order chi connectivity index (χ0) is 82.7. The summed E-state index contributed by atoms with van der Waals surface area (Å²) in [7, 11) is 2.91. The average molecular weight is 1780 g/mol. The number of aliphatic hydroxyl groups is 1. The van der Waals surface area contributed by atoms with Gasteiger partial charge >= 0.3 is 157 Å². The quantitative estimate of drug-likeness (QED) is 0.0205. The standard InChI is InChI=1S/C15H12ClNO4.C13H9ClN2O.C12H6Cl2N2.C12H8ClNO3.C6H6BClO2.C6H2Cl2N2.C3H7NO2.CH2O3.CH4O.CH3O.BrH.2K.Na.H/c16-11-3-1-2-9(6-11)10-7-13(19)15(17-8-10)12(18)4-5-14(20)21;1-17-13-6-10(8-16-12(13)7-15)9-3-2-4-11(14)5-9;13-10-3-1-2-8(4-10)9-5-11(14)12(6-15)16-7-9;13-9-3-1-2-7(4-9)8-5-10(15)11(12(16)17)14-6-8;8-6-3-1-2-5(4-6)7(9)10;7-4-1-5(8)6(2-9)10-3-4;1-6-3(5)2-4;2-1-4-3;2*1-2;;;;;/h1-3,6-8,19H,4-5H2,(H,20,21);2-6,8H,1H3;1-5,7H;1-6,15H,(H,16,17);1-4,9-10H;1,3H;2,4H2,1H3;1,3H;2H,1H3;1H3;1H;;;;/q;;;;;;;;;-1;;3*+1;-1/p-1/i5D2;;;;;;2D2;;;;;;;;. The third-order valence-corrected chi connectivity index (χ3v) is 13.7. The molecule has 0 spiro atoms. The van der Waals surface area contributed by atoms with Gasteiger partial charge in [-0.15, -0.1) is 17.0 Å². The number of nitrogens with two attached hydrogens (primary N) is 1. The van der Waals surface area contributed by atoms with Gasteiger partial charge in [0.15, 0.2) is 34.3 Å². The molecule has 5 aromatic carbocycles. The van der Waals surface area contributed by atoms with Gasteiger partial charge in [-0.05, 0) is 119 Å². The molecule has 0 aliphatic rings. The molecule has 9 N–H and O–H groups in total. The first-order chi connectivity index (χ1) is 51.6. The van der Waals surface area contributed by atoms with Gasteiger partial charge in [-0.25, -0.2) is 29.7 Å². The smallest absolute Gasteiger partial charge is 1.00 e. The Morgan fingerprint density at radius 2 is 0.899 bits per heavy atom. The number of Topliss-reactive ketones (excluding diaryl/α,β-unsaturated/α-hetero) is 1. The largest absolute Gasteiger partial charge is 1.00 e. The number of carboxylic acids is 2. The fourth-order valence-corrected chi connectivity index (χ4v) is 8.85. The molecule has 0 fully saturated rings. The summed E-state index contributed by atoms with van der Waals surface area (Å²) in [6.45, 7) is -2.53. The molecule has 5 aromatic heterocycles. The molecule has 39 heteroatoms. The molecular weight excluding hydrogens is 1710 g/mol. The van der Waals surface area contributed by atoms with Gasteiger partial charge in [-0.1, -0.05) is 153 Å². The molecule has 0 aliphatic heterocycles. The first kappa shape index (κ1) is 101. The first-order valence-electron chi connectivity index (χ1n) is 30.3. The number of aromatic carboxylic acids is 1. The second-order valence-electron chi connectivity index (χ2n) is 18.5. The Kier molecular flexibility index (Phi) is 58.2. The zero-order valence-corrected chi connectivity index (χ0v) is 74.0. The van der Waals surface area contributed by atoms with E-state index in [0.29, 0.717) is 63.1 Å². The summed E-state index contributed by atoms with van der Waals surface area (Å²) in [6, 6.07) is 48.4. The van der Waals surface area contributed by atoms with Crippen LogP contribution >= 0.6 is 110 Å². The molecular formula is C70H60BBrCl8K2N9NaO17. The van der Waals surface area contributed by atoms with E-state index in [9.17, 15) is 29.4 Å².